The first-order valence-corrected chi connectivity index (χ1v) is 9.41. The molecule has 6 nitrogen and oxygen atoms in total. The molecule has 2 heterocycles. The van der Waals surface area contributed by atoms with Crippen molar-refractivity contribution in [2.45, 2.75) is 45.2 Å². The number of carboxylic acids is 1. The van der Waals surface area contributed by atoms with Gasteiger partial charge in [-0.2, -0.15) is 0 Å². The highest BCUT2D eigenvalue weighted by atomic mass is 19.1. The van der Waals surface area contributed by atoms with Gasteiger partial charge in [0.15, 0.2) is 0 Å². The van der Waals surface area contributed by atoms with Crippen LogP contribution in [0.1, 0.15) is 48.1 Å². The quantitative estimate of drug-likeness (QED) is 0.860. The van der Waals surface area contributed by atoms with Gasteiger partial charge in [-0.05, 0) is 50.7 Å². The monoisotopic (exact) mass is 373 g/mol. The van der Waals surface area contributed by atoms with Crippen LogP contribution in [-0.4, -0.2) is 34.8 Å². The molecule has 7 heteroatoms. The number of benzene rings is 1. The standard InChI is InChI=1S/C20H24FN3O3/c1-10-18-14(15(20(26)27)8-17(25)24(18)13-3-4-13)7-16(21)19(10)23-6-5-12(9-23)11(2)22/h7-8,11-13H,3-6,9,22H2,1-2H3,(H,26,27)/t11-,12+/m0/s1. The number of anilines is 1. The Labute approximate surface area is 156 Å². The van der Waals surface area contributed by atoms with E-state index in [1.54, 1.807) is 11.5 Å². The Bertz CT molecular complexity index is 994. The van der Waals surface area contributed by atoms with Gasteiger partial charge in [-0.25, -0.2) is 9.18 Å². The van der Waals surface area contributed by atoms with E-state index < -0.39 is 11.8 Å². The third kappa shape index (κ3) is 2.90. The van der Waals surface area contributed by atoms with Crippen molar-refractivity contribution in [1.82, 2.24) is 4.57 Å². The number of nitrogens with zero attached hydrogens (tertiary/aromatic N) is 2. The van der Waals surface area contributed by atoms with Crippen LogP contribution in [0.3, 0.4) is 0 Å². The highest BCUT2D eigenvalue weighted by Crippen LogP contribution is 2.40. The topological polar surface area (TPSA) is 88.6 Å². The second-order valence-electron chi connectivity index (χ2n) is 7.88. The van der Waals surface area contributed by atoms with Crippen molar-refractivity contribution in [2.75, 3.05) is 18.0 Å². The zero-order chi connectivity index (χ0) is 19.5. The lowest BCUT2D eigenvalue weighted by molar-refractivity contribution is 0.0698. The van der Waals surface area contributed by atoms with E-state index in [2.05, 4.69) is 0 Å². The molecule has 27 heavy (non-hydrogen) atoms. The molecule has 0 unspecified atom stereocenters. The molecule has 2 aromatic rings. The van der Waals surface area contributed by atoms with Gasteiger partial charge in [0.05, 0.1) is 16.8 Å². The van der Waals surface area contributed by atoms with Crippen molar-refractivity contribution in [3.63, 3.8) is 0 Å². The van der Waals surface area contributed by atoms with E-state index in [0.29, 0.717) is 29.9 Å². The number of pyridine rings is 1. The second-order valence-corrected chi connectivity index (χ2v) is 7.88. The number of hydrogen-bond donors (Lipinski definition) is 2. The smallest absolute Gasteiger partial charge is 0.336 e. The molecular weight excluding hydrogens is 349 g/mol. The van der Waals surface area contributed by atoms with Crippen molar-refractivity contribution < 1.29 is 14.3 Å². The minimum Gasteiger partial charge on any atom is -0.478 e. The third-order valence-electron chi connectivity index (χ3n) is 5.93. The number of hydrogen-bond acceptors (Lipinski definition) is 4. The van der Waals surface area contributed by atoms with Gasteiger partial charge in [0.2, 0.25) is 0 Å². The number of carbonyl (C=O) groups is 1. The van der Waals surface area contributed by atoms with Gasteiger partial charge < -0.3 is 20.3 Å². The number of carboxylic acid groups (broad SMARTS) is 1. The van der Waals surface area contributed by atoms with Gasteiger partial charge in [0.25, 0.3) is 5.56 Å². The molecule has 0 spiro atoms. The maximum absolute atomic E-state index is 15.1. The first-order chi connectivity index (χ1) is 12.8. The second kappa shape index (κ2) is 6.34. The van der Waals surface area contributed by atoms with Gasteiger partial charge >= 0.3 is 5.97 Å². The molecule has 0 bridgehead atoms. The van der Waals surface area contributed by atoms with Crippen molar-refractivity contribution in [2.24, 2.45) is 11.7 Å². The molecule has 0 amide bonds. The molecule has 2 aliphatic rings. The van der Waals surface area contributed by atoms with Crippen LogP contribution in [0.4, 0.5) is 10.1 Å². The predicted molar refractivity (Wildman–Crippen MR) is 102 cm³/mol. The zero-order valence-electron chi connectivity index (χ0n) is 15.5. The first-order valence-electron chi connectivity index (χ1n) is 9.41. The van der Waals surface area contributed by atoms with Crippen LogP contribution < -0.4 is 16.2 Å². The van der Waals surface area contributed by atoms with E-state index in [-0.39, 0.29) is 34.5 Å². The number of halogens is 1. The summed E-state index contributed by atoms with van der Waals surface area (Å²) in [5.74, 6) is -1.38. The molecule has 4 rings (SSSR count). The zero-order valence-corrected chi connectivity index (χ0v) is 15.5. The molecule has 3 N–H and O–H groups in total. The summed E-state index contributed by atoms with van der Waals surface area (Å²) in [6.45, 7) is 5.10. The molecule has 1 aromatic carbocycles. The number of rotatable bonds is 4. The van der Waals surface area contributed by atoms with Gasteiger partial charge in [-0.3, -0.25) is 4.79 Å². The maximum Gasteiger partial charge on any atom is 0.336 e. The van der Waals surface area contributed by atoms with Crippen LogP contribution in [-0.2, 0) is 0 Å². The van der Waals surface area contributed by atoms with Crippen LogP contribution in [0.2, 0.25) is 0 Å². The number of aryl methyl sites for hydroxylation is 1. The predicted octanol–water partition coefficient (Wildman–Crippen LogP) is 2.66. The van der Waals surface area contributed by atoms with Crippen LogP contribution >= 0.6 is 0 Å². The summed E-state index contributed by atoms with van der Waals surface area (Å²) in [6, 6.07) is 2.49. The lowest BCUT2D eigenvalue weighted by atomic mass is 10.0. The molecule has 1 aromatic heterocycles. The molecule has 1 aliphatic heterocycles. The number of aromatic nitrogens is 1. The molecule has 2 atom stereocenters. The molecule has 144 valence electrons. The summed E-state index contributed by atoms with van der Waals surface area (Å²) < 4.78 is 16.8. The van der Waals surface area contributed by atoms with Crippen molar-refractivity contribution >= 4 is 22.6 Å². The number of fused-ring (bicyclic) bond motifs is 1. The van der Waals surface area contributed by atoms with Crippen LogP contribution in [0.25, 0.3) is 10.9 Å². The van der Waals surface area contributed by atoms with Crippen molar-refractivity contribution in [3.05, 3.63) is 39.4 Å². The molecule has 1 saturated heterocycles. The Morgan fingerprint density at radius 2 is 2.04 bits per heavy atom. The summed E-state index contributed by atoms with van der Waals surface area (Å²) in [5, 5.41) is 9.80. The third-order valence-corrected chi connectivity index (χ3v) is 5.93. The number of nitrogens with two attached hydrogens (primary N) is 1. The maximum atomic E-state index is 15.1. The van der Waals surface area contributed by atoms with E-state index >= 15 is 4.39 Å². The number of aromatic carboxylic acids is 1. The summed E-state index contributed by atoms with van der Waals surface area (Å²) in [4.78, 5) is 26.3. The van der Waals surface area contributed by atoms with E-state index in [1.807, 2.05) is 11.8 Å². The van der Waals surface area contributed by atoms with Crippen LogP contribution in [0, 0.1) is 18.7 Å². The van der Waals surface area contributed by atoms with Crippen molar-refractivity contribution in [3.8, 4) is 0 Å². The molecule has 0 radical (unpaired) electrons. The van der Waals surface area contributed by atoms with Gasteiger partial charge in [-0.15, -0.1) is 0 Å². The highest BCUT2D eigenvalue weighted by Gasteiger charge is 2.32. The average Bonchev–Trinajstić information content (AvgIpc) is 3.31. The molecule has 1 saturated carbocycles. The van der Waals surface area contributed by atoms with E-state index in [1.165, 1.54) is 6.07 Å². The lowest BCUT2D eigenvalue weighted by Crippen LogP contribution is -2.30. The fourth-order valence-corrected chi connectivity index (χ4v) is 4.33. The van der Waals surface area contributed by atoms with Gasteiger partial charge in [0, 0.05) is 36.6 Å². The van der Waals surface area contributed by atoms with E-state index in [0.717, 1.165) is 25.3 Å². The Kier molecular flexibility index (Phi) is 4.22. The van der Waals surface area contributed by atoms with Gasteiger partial charge in [0.1, 0.15) is 5.82 Å². The Hall–Kier alpha value is -2.41. The minimum absolute atomic E-state index is 0.0297. The summed E-state index contributed by atoms with van der Waals surface area (Å²) in [5.41, 5.74) is 7.17. The Balaban J connectivity index is 1.96. The summed E-state index contributed by atoms with van der Waals surface area (Å²) in [7, 11) is 0. The van der Waals surface area contributed by atoms with E-state index in [4.69, 9.17) is 5.73 Å². The average molecular weight is 373 g/mol. The van der Waals surface area contributed by atoms with Crippen LogP contribution in [0.5, 0.6) is 0 Å². The Morgan fingerprint density at radius 3 is 2.59 bits per heavy atom. The van der Waals surface area contributed by atoms with Gasteiger partial charge in [-0.1, -0.05) is 0 Å². The SMILES string of the molecule is Cc1c(N2CC[C@@H]([C@H](C)N)C2)c(F)cc2c(C(=O)O)cc(=O)n(C3CC3)c12. The van der Waals surface area contributed by atoms with Crippen molar-refractivity contribution in [1.29, 1.82) is 0 Å². The summed E-state index contributed by atoms with van der Waals surface area (Å²) >= 11 is 0. The largest absolute Gasteiger partial charge is 0.478 e. The fourth-order valence-electron chi connectivity index (χ4n) is 4.33. The van der Waals surface area contributed by atoms with Crippen LogP contribution in [0.15, 0.2) is 16.9 Å². The molecular formula is C20H24FN3O3. The summed E-state index contributed by atoms with van der Waals surface area (Å²) in [6.07, 6.45) is 2.65. The molecule has 1 aliphatic carbocycles. The van der Waals surface area contributed by atoms with E-state index in [9.17, 15) is 14.7 Å². The minimum atomic E-state index is -1.22. The highest BCUT2D eigenvalue weighted by molar-refractivity contribution is 6.04. The molecule has 2 fully saturated rings. The lowest BCUT2D eigenvalue weighted by Gasteiger charge is -2.25. The first kappa shape index (κ1) is 18.0. The Morgan fingerprint density at radius 1 is 1.33 bits per heavy atom. The normalized spacial score (nSPS) is 21.0. The fraction of sp³-hybridized carbons (Fsp3) is 0.500.